The van der Waals surface area contributed by atoms with Gasteiger partial charge < -0.3 is 9.47 Å². The highest BCUT2D eigenvalue weighted by molar-refractivity contribution is 6.04. The zero-order chi connectivity index (χ0) is 62.8. The molecule has 2 unspecified atom stereocenters. The third-order valence-corrected chi connectivity index (χ3v) is 19.5. The number of hydrogen-bond acceptors (Lipinski definition) is 6. The first kappa shape index (κ1) is 83.3. The highest BCUT2D eigenvalue weighted by atomic mass is 16.5. The van der Waals surface area contributed by atoms with Crippen LogP contribution in [0.5, 0.6) is 0 Å². The van der Waals surface area contributed by atoms with E-state index in [4.69, 9.17) is 9.47 Å². The normalized spacial score (nSPS) is 13.3. The van der Waals surface area contributed by atoms with Gasteiger partial charge in [-0.1, -0.05) is 377 Å². The molecule has 85 heavy (non-hydrogen) atoms. The number of carbonyl (C=O) groups is 4. The highest BCUT2D eigenvalue weighted by Gasteiger charge is 2.45. The predicted octanol–water partition coefficient (Wildman–Crippen LogP) is 26.1. The lowest BCUT2D eigenvalue weighted by Gasteiger charge is -2.30. The molecule has 6 nitrogen and oxygen atoms in total. The Morgan fingerprint density at radius 2 is 0.424 bits per heavy atom. The van der Waals surface area contributed by atoms with Gasteiger partial charge in [0.15, 0.2) is 0 Å². The van der Waals surface area contributed by atoms with Crippen molar-refractivity contribution in [3.8, 4) is 0 Å². The summed E-state index contributed by atoms with van der Waals surface area (Å²) < 4.78 is 12.1. The summed E-state index contributed by atoms with van der Waals surface area (Å²) in [4.78, 5) is 57.1. The minimum Gasteiger partial charge on any atom is -0.465 e. The van der Waals surface area contributed by atoms with Crippen LogP contribution in [0.2, 0.25) is 0 Å². The molecule has 0 aliphatic heterocycles. The predicted molar refractivity (Wildman–Crippen MR) is 371 cm³/mol. The van der Waals surface area contributed by atoms with Crippen LogP contribution in [0.1, 0.15) is 435 Å². The lowest BCUT2D eigenvalue weighted by molar-refractivity contribution is -0.163. The second-order valence-electron chi connectivity index (χ2n) is 29.3. The van der Waals surface area contributed by atoms with E-state index in [1.54, 1.807) is 0 Å². The summed E-state index contributed by atoms with van der Waals surface area (Å²) in [7, 11) is 0. The molecule has 0 amide bonds. The molecule has 0 aromatic heterocycles. The molecule has 0 bridgehead atoms. The first-order chi connectivity index (χ1) is 41.2. The van der Waals surface area contributed by atoms with E-state index in [1.807, 2.05) is 13.8 Å². The molecule has 0 aliphatic carbocycles. The van der Waals surface area contributed by atoms with Crippen molar-refractivity contribution in [2.75, 3.05) is 13.2 Å². The lowest BCUT2D eigenvalue weighted by Crippen LogP contribution is -2.41. The van der Waals surface area contributed by atoms with E-state index < -0.39 is 22.8 Å². The van der Waals surface area contributed by atoms with E-state index >= 15 is 0 Å². The number of hydrogen-bond donors (Lipinski definition) is 0. The van der Waals surface area contributed by atoms with Gasteiger partial charge in [-0.3, -0.25) is 19.2 Å². The van der Waals surface area contributed by atoms with Gasteiger partial charge in [-0.25, -0.2) is 0 Å². The van der Waals surface area contributed by atoms with Gasteiger partial charge in [-0.05, 0) is 62.2 Å². The van der Waals surface area contributed by atoms with Crippen molar-refractivity contribution in [2.45, 2.75) is 435 Å². The van der Waals surface area contributed by atoms with Gasteiger partial charge in [0, 0.05) is 19.3 Å². The molecule has 6 heteroatoms. The topological polar surface area (TPSA) is 86.7 Å². The van der Waals surface area contributed by atoms with E-state index in [0.717, 1.165) is 101 Å². The number of rotatable bonds is 68. The molecular formula is C79H152O6. The van der Waals surface area contributed by atoms with Crippen molar-refractivity contribution >= 4 is 23.5 Å². The van der Waals surface area contributed by atoms with Crippen LogP contribution >= 0.6 is 0 Å². The molecule has 0 aliphatic rings. The summed E-state index contributed by atoms with van der Waals surface area (Å²) in [5.41, 5.74) is -2.24. The third-order valence-electron chi connectivity index (χ3n) is 19.5. The van der Waals surface area contributed by atoms with Crippen LogP contribution < -0.4 is 0 Å². The van der Waals surface area contributed by atoms with Crippen LogP contribution in [0.4, 0.5) is 0 Å². The Kier molecular flexibility index (Phi) is 58.7. The maximum absolute atomic E-state index is 14.3. The Hall–Kier alpha value is -1.72. The van der Waals surface area contributed by atoms with Crippen molar-refractivity contribution in [2.24, 2.45) is 34.5 Å². The molecule has 0 saturated heterocycles. The molecule has 0 radical (unpaired) electrons. The van der Waals surface area contributed by atoms with Crippen LogP contribution in [0.15, 0.2) is 0 Å². The maximum atomic E-state index is 14.3. The Balaban J connectivity index is 5.44. The average molecular weight is 1200 g/mol. The summed E-state index contributed by atoms with van der Waals surface area (Å²) >= 11 is 0. The van der Waals surface area contributed by atoms with Crippen molar-refractivity contribution in [3.63, 3.8) is 0 Å². The SMILES string of the molecule is CCC(CCCCCCCCCCCCCC(C)C)(C(=O)CCCCCCCCCCCCCCC(C)C)C(=O)OCCCOC(=O)C(CC)(CCCCCCCCCCCCCC(C)C)C(=O)CCCCCCCCCCCCCCC(C)C. The molecule has 0 fully saturated rings. The molecule has 0 saturated carbocycles. The van der Waals surface area contributed by atoms with Gasteiger partial charge in [-0.15, -0.1) is 0 Å². The summed E-state index contributed by atoms with van der Waals surface area (Å²) in [6, 6.07) is 0. The minimum atomic E-state index is -1.12. The molecule has 0 N–H and O–H groups in total. The smallest absolute Gasteiger partial charge is 0.319 e. The van der Waals surface area contributed by atoms with E-state index in [-0.39, 0.29) is 24.8 Å². The number of ether oxygens (including phenoxy) is 2. The second-order valence-corrected chi connectivity index (χ2v) is 29.3. The number of carbonyl (C=O) groups excluding carboxylic acids is 4. The third kappa shape index (κ3) is 48.8. The van der Waals surface area contributed by atoms with Crippen LogP contribution in [-0.4, -0.2) is 36.7 Å². The fourth-order valence-electron chi connectivity index (χ4n) is 13.2. The van der Waals surface area contributed by atoms with Crippen molar-refractivity contribution in [1.29, 1.82) is 0 Å². The summed E-state index contributed by atoms with van der Waals surface area (Å²) in [6.45, 7) is 22.7. The van der Waals surface area contributed by atoms with Gasteiger partial charge >= 0.3 is 11.9 Å². The lowest BCUT2D eigenvalue weighted by atomic mass is 9.74. The summed E-state index contributed by atoms with van der Waals surface area (Å²) in [5, 5.41) is 0. The molecule has 504 valence electrons. The zero-order valence-corrected chi connectivity index (χ0v) is 59.5. The number of ketones is 2. The maximum Gasteiger partial charge on any atom is 0.319 e. The first-order valence-electron chi connectivity index (χ1n) is 38.6. The summed E-state index contributed by atoms with van der Waals surface area (Å²) in [6.07, 6.45) is 65.8. The van der Waals surface area contributed by atoms with Gasteiger partial charge in [0.25, 0.3) is 0 Å². The van der Waals surface area contributed by atoms with E-state index in [2.05, 4.69) is 55.4 Å². The van der Waals surface area contributed by atoms with Crippen LogP contribution in [0.25, 0.3) is 0 Å². The average Bonchev–Trinajstić information content (AvgIpc) is 3.27. The van der Waals surface area contributed by atoms with Crippen LogP contribution in [-0.2, 0) is 28.7 Å². The van der Waals surface area contributed by atoms with Crippen LogP contribution in [0, 0.1) is 34.5 Å². The Morgan fingerprint density at radius 1 is 0.247 bits per heavy atom. The zero-order valence-electron chi connectivity index (χ0n) is 59.5. The van der Waals surface area contributed by atoms with Crippen LogP contribution in [0.3, 0.4) is 0 Å². The van der Waals surface area contributed by atoms with E-state index in [1.165, 1.54) is 244 Å². The molecule has 0 rings (SSSR count). The quantitative estimate of drug-likeness (QED) is 0.0343. The number of unbranched alkanes of at least 4 members (excludes halogenated alkanes) is 42. The van der Waals surface area contributed by atoms with Crippen molar-refractivity contribution in [1.82, 2.24) is 0 Å². The Labute approximate surface area is 532 Å². The molecule has 0 spiro atoms. The fraction of sp³-hybridized carbons (Fsp3) is 0.949. The monoisotopic (exact) mass is 1200 g/mol. The van der Waals surface area contributed by atoms with Gasteiger partial charge in [-0.2, -0.15) is 0 Å². The van der Waals surface area contributed by atoms with Gasteiger partial charge in [0.2, 0.25) is 0 Å². The Morgan fingerprint density at radius 3 is 0.612 bits per heavy atom. The van der Waals surface area contributed by atoms with Crippen molar-refractivity contribution in [3.05, 3.63) is 0 Å². The minimum absolute atomic E-state index is 0.0518. The second kappa shape index (κ2) is 59.9. The Bertz CT molecular complexity index is 1370. The molecule has 0 aromatic rings. The van der Waals surface area contributed by atoms with Gasteiger partial charge in [0.05, 0.1) is 13.2 Å². The number of Topliss-reactive ketones (excluding diaryl/α,β-unsaturated/α-hetero) is 2. The van der Waals surface area contributed by atoms with Crippen molar-refractivity contribution < 1.29 is 28.7 Å². The standard InChI is InChI=1S/C79H152O6/c1-11-78(66-57-49-41-33-25-17-21-29-37-45-53-62-72(7)8,74(80)64-55-47-39-31-23-15-13-19-27-35-43-51-60-70(3)4)76(82)84-68-59-69-85-77(83)79(12-2,67-58-50-42-34-26-18-22-30-38-46-54-63-73(9)10)75(81)65-56-48-40-32-24-16-14-20-28-36-44-52-61-71(5)6/h70-73H,11-69H2,1-10H3. The first-order valence-corrected chi connectivity index (χ1v) is 38.6. The molecular weight excluding hydrogens is 1040 g/mol. The largest absolute Gasteiger partial charge is 0.465 e. The summed E-state index contributed by atoms with van der Waals surface area (Å²) in [5.74, 6) is 2.59. The molecule has 0 heterocycles. The molecule has 0 aromatic carbocycles. The fourth-order valence-corrected chi connectivity index (χ4v) is 13.2. The number of esters is 2. The van der Waals surface area contributed by atoms with E-state index in [9.17, 15) is 19.2 Å². The molecule has 2 atom stereocenters. The van der Waals surface area contributed by atoms with E-state index in [0.29, 0.717) is 44.9 Å². The highest BCUT2D eigenvalue weighted by Crippen LogP contribution is 2.37. The van der Waals surface area contributed by atoms with Gasteiger partial charge in [0.1, 0.15) is 22.4 Å².